The first-order valence-corrected chi connectivity index (χ1v) is 8.18. The summed E-state index contributed by atoms with van der Waals surface area (Å²) >= 11 is 0. The number of aryl methyl sites for hydroxylation is 1. The lowest BCUT2D eigenvalue weighted by molar-refractivity contribution is 0.127. The molecule has 0 heterocycles. The van der Waals surface area contributed by atoms with Crippen molar-refractivity contribution in [3.05, 3.63) is 35.9 Å². The molecule has 0 aliphatic heterocycles. The van der Waals surface area contributed by atoms with Gasteiger partial charge in [-0.2, -0.15) is 0 Å². The van der Waals surface area contributed by atoms with Gasteiger partial charge in [-0.15, -0.1) is 0 Å². The minimum atomic E-state index is 0.646. The minimum Gasteiger partial charge on any atom is -0.381 e. The summed E-state index contributed by atoms with van der Waals surface area (Å²) in [5.74, 6) is 0. The Morgan fingerprint density at radius 3 is 2.55 bits per heavy atom. The van der Waals surface area contributed by atoms with E-state index >= 15 is 0 Å². The maximum atomic E-state index is 5.70. The third-order valence-corrected chi connectivity index (χ3v) is 3.52. The van der Waals surface area contributed by atoms with Crippen LogP contribution in [0.1, 0.15) is 51.5 Å². The maximum absolute atomic E-state index is 5.70. The van der Waals surface area contributed by atoms with Gasteiger partial charge in [0.1, 0.15) is 0 Å². The number of rotatable bonds is 12. The summed E-state index contributed by atoms with van der Waals surface area (Å²) in [6, 6.07) is 11.3. The van der Waals surface area contributed by atoms with Crippen molar-refractivity contribution in [2.75, 3.05) is 19.8 Å². The Morgan fingerprint density at radius 2 is 1.80 bits per heavy atom. The molecule has 20 heavy (non-hydrogen) atoms. The number of nitrogens with one attached hydrogen (secondary N) is 1. The second-order valence-corrected chi connectivity index (χ2v) is 5.55. The van der Waals surface area contributed by atoms with Crippen LogP contribution in [0, 0.1) is 0 Å². The molecule has 0 saturated carbocycles. The van der Waals surface area contributed by atoms with Gasteiger partial charge in [-0.05, 0) is 57.6 Å². The number of unbranched alkanes of at least 4 members (excludes halogenated alkanes) is 1. The first kappa shape index (κ1) is 17.2. The second-order valence-electron chi connectivity index (χ2n) is 5.55. The SMILES string of the molecule is CCCNC(C)CCCCOCCCc1ccccc1. The zero-order chi connectivity index (χ0) is 14.5. The highest BCUT2D eigenvalue weighted by molar-refractivity contribution is 5.14. The summed E-state index contributed by atoms with van der Waals surface area (Å²) in [6.07, 6.45) is 7.17. The molecule has 0 bridgehead atoms. The fraction of sp³-hybridized carbons (Fsp3) is 0.667. The van der Waals surface area contributed by atoms with Crippen LogP contribution < -0.4 is 5.32 Å². The fourth-order valence-electron chi connectivity index (χ4n) is 2.27. The molecule has 0 fully saturated rings. The Bertz CT molecular complexity index is 312. The summed E-state index contributed by atoms with van der Waals surface area (Å²) in [6.45, 7) is 7.42. The van der Waals surface area contributed by atoms with Crippen LogP contribution in [0.4, 0.5) is 0 Å². The maximum Gasteiger partial charge on any atom is 0.0469 e. The second kappa shape index (κ2) is 11.9. The van der Waals surface area contributed by atoms with Crippen LogP contribution in [0.25, 0.3) is 0 Å². The van der Waals surface area contributed by atoms with Gasteiger partial charge in [0, 0.05) is 19.3 Å². The summed E-state index contributed by atoms with van der Waals surface area (Å²) in [7, 11) is 0. The molecule has 2 heteroatoms. The van der Waals surface area contributed by atoms with Crippen molar-refractivity contribution in [3.63, 3.8) is 0 Å². The Kier molecular flexibility index (Phi) is 10.3. The van der Waals surface area contributed by atoms with E-state index in [2.05, 4.69) is 49.5 Å². The van der Waals surface area contributed by atoms with Gasteiger partial charge in [-0.25, -0.2) is 0 Å². The van der Waals surface area contributed by atoms with Crippen LogP contribution in [0.2, 0.25) is 0 Å². The molecule has 114 valence electrons. The molecule has 1 unspecified atom stereocenters. The van der Waals surface area contributed by atoms with Gasteiger partial charge in [0.25, 0.3) is 0 Å². The molecular weight excluding hydrogens is 246 g/mol. The molecule has 1 atom stereocenters. The smallest absolute Gasteiger partial charge is 0.0469 e. The molecule has 1 aromatic carbocycles. The third-order valence-electron chi connectivity index (χ3n) is 3.52. The highest BCUT2D eigenvalue weighted by Crippen LogP contribution is 2.04. The monoisotopic (exact) mass is 277 g/mol. The Balaban J connectivity index is 1.85. The van der Waals surface area contributed by atoms with Crippen LogP contribution in [-0.4, -0.2) is 25.8 Å². The van der Waals surface area contributed by atoms with Gasteiger partial charge in [-0.1, -0.05) is 37.3 Å². The predicted octanol–water partition coefficient (Wildman–Crippen LogP) is 4.19. The van der Waals surface area contributed by atoms with Crippen LogP contribution in [0.3, 0.4) is 0 Å². The van der Waals surface area contributed by atoms with Gasteiger partial charge in [0.05, 0.1) is 0 Å². The van der Waals surface area contributed by atoms with E-state index < -0.39 is 0 Å². The molecule has 1 N–H and O–H groups in total. The van der Waals surface area contributed by atoms with Crippen LogP contribution in [0.5, 0.6) is 0 Å². The van der Waals surface area contributed by atoms with Crippen molar-refractivity contribution in [1.82, 2.24) is 5.32 Å². The van der Waals surface area contributed by atoms with Gasteiger partial charge in [0.2, 0.25) is 0 Å². The van der Waals surface area contributed by atoms with E-state index in [-0.39, 0.29) is 0 Å². The zero-order valence-electron chi connectivity index (χ0n) is 13.2. The Morgan fingerprint density at radius 1 is 1.05 bits per heavy atom. The van der Waals surface area contributed by atoms with E-state index in [1.54, 1.807) is 0 Å². The highest BCUT2D eigenvalue weighted by atomic mass is 16.5. The largest absolute Gasteiger partial charge is 0.381 e. The lowest BCUT2D eigenvalue weighted by atomic mass is 10.1. The van der Waals surface area contributed by atoms with E-state index in [9.17, 15) is 0 Å². The van der Waals surface area contributed by atoms with Gasteiger partial charge in [0.15, 0.2) is 0 Å². The molecular formula is C18H31NO. The van der Waals surface area contributed by atoms with E-state index in [0.29, 0.717) is 6.04 Å². The average molecular weight is 277 g/mol. The third kappa shape index (κ3) is 9.11. The zero-order valence-corrected chi connectivity index (χ0v) is 13.2. The molecule has 1 aromatic rings. The van der Waals surface area contributed by atoms with Crippen molar-refractivity contribution in [1.29, 1.82) is 0 Å². The van der Waals surface area contributed by atoms with E-state index in [0.717, 1.165) is 32.6 Å². The summed E-state index contributed by atoms with van der Waals surface area (Å²) in [4.78, 5) is 0. The highest BCUT2D eigenvalue weighted by Gasteiger charge is 1.99. The van der Waals surface area contributed by atoms with Crippen LogP contribution >= 0.6 is 0 Å². The van der Waals surface area contributed by atoms with Crippen LogP contribution in [-0.2, 0) is 11.2 Å². The summed E-state index contributed by atoms with van der Waals surface area (Å²) < 4.78 is 5.70. The Hall–Kier alpha value is -0.860. The van der Waals surface area contributed by atoms with Crippen molar-refractivity contribution in [2.45, 2.75) is 58.4 Å². The fourth-order valence-corrected chi connectivity index (χ4v) is 2.27. The standard InChI is InChI=1S/C18H31NO/c1-3-14-19-17(2)10-7-8-15-20-16-9-13-18-11-5-4-6-12-18/h4-6,11-12,17,19H,3,7-10,13-16H2,1-2H3. The molecule has 0 radical (unpaired) electrons. The summed E-state index contributed by atoms with van der Waals surface area (Å²) in [5.41, 5.74) is 1.41. The van der Waals surface area contributed by atoms with Crippen molar-refractivity contribution < 1.29 is 4.74 Å². The van der Waals surface area contributed by atoms with Crippen molar-refractivity contribution in [2.24, 2.45) is 0 Å². The first-order chi connectivity index (χ1) is 9.83. The summed E-state index contributed by atoms with van der Waals surface area (Å²) in [5, 5.41) is 3.52. The molecule has 0 aromatic heterocycles. The van der Waals surface area contributed by atoms with Crippen LogP contribution in [0.15, 0.2) is 30.3 Å². The predicted molar refractivity (Wildman–Crippen MR) is 87.2 cm³/mol. The lowest BCUT2D eigenvalue weighted by Gasteiger charge is -2.12. The molecule has 0 aliphatic rings. The minimum absolute atomic E-state index is 0.646. The molecule has 0 aliphatic carbocycles. The number of hydrogen-bond acceptors (Lipinski definition) is 2. The topological polar surface area (TPSA) is 21.3 Å². The van der Waals surface area contributed by atoms with Gasteiger partial charge >= 0.3 is 0 Å². The van der Waals surface area contributed by atoms with E-state index in [1.165, 1.54) is 31.2 Å². The number of ether oxygens (including phenoxy) is 1. The quantitative estimate of drug-likeness (QED) is 0.578. The number of benzene rings is 1. The normalized spacial score (nSPS) is 12.5. The number of hydrogen-bond donors (Lipinski definition) is 1. The average Bonchev–Trinajstić information content (AvgIpc) is 2.49. The molecule has 0 saturated heterocycles. The lowest BCUT2D eigenvalue weighted by Crippen LogP contribution is -2.26. The molecule has 0 amide bonds. The molecule has 1 rings (SSSR count). The van der Waals surface area contributed by atoms with Crippen molar-refractivity contribution in [3.8, 4) is 0 Å². The van der Waals surface area contributed by atoms with Gasteiger partial charge in [-0.3, -0.25) is 0 Å². The molecule has 0 spiro atoms. The van der Waals surface area contributed by atoms with E-state index in [4.69, 9.17) is 4.74 Å². The molecule has 2 nitrogen and oxygen atoms in total. The Labute approximate surface area is 124 Å². The van der Waals surface area contributed by atoms with E-state index in [1.807, 2.05) is 0 Å². The first-order valence-electron chi connectivity index (χ1n) is 8.18. The van der Waals surface area contributed by atoms with Crippen molar-refractivity contribution >= 4 is 0 Å². The van der Waals surface area contributed by atoms with Gasteiger partial charge < -0.3 is 10.1 Å².